The molecule has 1 unspecified atom stereocenters. The third-order valence-electron chi connectivity index (χ3n) is 4.89. The average Bonchev–Trinajstić information content (AvgIpc) is 2.60. The smallest absolute Gasteiger partial charge is 0.319 e. The molecular weight excluding hydrogens is 364 g/mol. The number of carbonyl (C=O) groups excluding carboxylic acids is 2. The lowest BCUT2D eigenvalue weighted by atomic mass is 9.86. The van der Waals surface area contributed by atoms with Crippen molar-refractivity contribution in [2.45, 2.75) is 46.6 Å². The summed E-state index contributed by atoms with van der Waals surface area (Å²) < 4.78 is 0. The number of amides is 3. The van der Waals surface area contributed by atoms with Gasteiger partial charge in [0.2, 0.25) is 5.91 Å². The second-order valence-corrected chi connectivity index (χ2v) is 8.34. The summed E-state index contributed by atoms with van der Waals surface area (Å²) in [6.45, 7) is 9.88. The molecule has 2 rings (SSSR count). The van der Waals surface area contributed by atoms with E-state index in [4.69, 9.17) is 5.73 Å². The number of urea groups is 1. The minimum atomic E-state index is -0.501. The van der Waals surface area contributed by atoms with Gasteiger partial charge in [0.1, 0.15) is 0 Å². The van der Waals surface area contributed by atoms with Gasteiger partial charge in [-0.1, -0.05) is 38.5 Å². The van der Waals surface area contributed by atoms with Crippen molar-refractivity contribution in [2.24, 2.45) is 17.1 Å². The Labute approximate surface area is 168 Å². The van der Waals surface area contributed by atoms with E-state index in [1.165, 1.54) is 0 Å². The molecule has 1 saturated heterocycles. The monoisotopic (exact) mass is 396 g/mol. The first-order valence-corrected chi connectivity index (χ1v) is 9.32. The van der Waals surface area contributed by atoms with Gasteiger partial charge in [-0.2, -0.15) is 0 Å². The van der Waals surface area contributed by atoms with E-state index in [0.717, 1.165) is 30.6 Å². The van der Waals surface area contributed by atoms with Crippen molar-refractivity contribution in [3.63, 3.8) is 0 Å². The van der Waals surface area contributed by atoms with Crippen LogP contribution in [0.5, 0.6) is 0 Å². The van der Waals surface area contributed by atoms with Crippen molar-refractivity contribution in [3.05, 3.63) is 29.8 Å². The molecule has 0 bridgehead atoms. The van der Waals surface area contributed by atoms with Gasteiger partial charge in [-0.25, -0.2) is 4.79 Å². The number of nitrogens with one attached hydrogen (secondary N) is 2. The molecular formula is C20H33ClN4O2. The molecule has 1 aromatic carbocycles. The number of likely N-dealkylation sites (tertiary alicyclic amines) is 1. The third-order valence-corrected chi connectivity index (χ3v) is 4.89. The van der Waals surface area contributed by atoms with Crippen LogP contribution in [0.2, 0.25) is 0 Å². The quantitative estimate of drug-likeness (QED) is 0.730. The predicted molar refractivity (Wildman–Crippen MR) is 112 cm³/mol. The predicted octanol–water partition coefficient (Wildman–Crippen LogP) is 3.15. The number of nitrogens with two attached hydrogens (primary N) is 1. The van der Waals surface area contributed by atoms with Gasteiger partial charge in [-0.15, -0.1) is 12.4 Å². The first-order chi connectivity index (χ1) is 12.2. The summed E-state index contributed by atoms with van der Waals surface area (Å²) in [5.74, 6) is 0.259. The van der Waals surface area contributed by atoms with E-state index in [-0.39, 0.29) is 35.7 Å². The summed E-state index contributed by atoms with van der Waals surface area (Å²) in [5, 5.41) is 5.75. The summed E-state index contributed by atoms with van der Waals surface area (Å²) in [5.41, 5.74) is 7.78. The van der Waals surface area contributed by atoms with Crippen LogP contribution in [0.25, 0.3) is 0 Å². The zero-order valence-corrected chi connectivity index (χ0v) is 17.6. The van der Waals surface area contributed by atoms with Crippen LogP contribution in [-0.4, -0.2) is 42.5 Å². The van der Waals surface area contributed by atoms with Crippen LogP contribution < -0.4 is 16.4 Å². The van der Waals surface area contributed by atoms with Gasteiger partial charge in [-0.05, 0) is 43.2 Å². The summed E-state index contributed by atoms with van der Waals surface area (Å²) >= 11 is 0. The van der Waals surface area contributed by atoms with Crippen LogP contribution in [0, 0.1) is 18.3 Å². The minimum absolute atomic E-state index is 0. The zero-order chi connectivity index (χ0) is 19.3. The molecule has 7 heteroatoms. The lowest BCUT2D eigenvalue weighted by molar-refractivity contribution is -0.136. The number of anilines is 1. The van der Waals surface area contributed by atoms with Crippen LogP contribution in [0.15, 0.2) is 24.3 Å². The van der Waals surface area contributed by atoms with Crippen molar-refractivity contribution in [3.8, 4) is 0 Å². The van der Waals surface area contributed by atoms with Gasteiger partial charge in [0.15, 0.2) is 0 Å². The number of rotatable bonds is 4. The molecule has 0 aromatic heterocycles. The van der Waals surface area contributed by atoms with Crippen LogP contribution in [0.4, 0.5) is 10.5 Å². The van der Waals surface area contributed by atoms with Gasteiger partial charge < -0.3 is 21.3 Å². The number of nitrogens with zero attached hydrogens (tertiary/aromatic N) is 1. The summed E-state index contributed by atoms with van der Waals surface area (Å²) in [4.78, 5) is 26.5. The lowest BCUT2D eigenvalue weighted by Crippen LogP contribution is -2.53. The largest absolute Gasteiger partial charge is 0.341 e. The van der Waals surface area contributed by atoms with Gasteiger partial charge >= 0.3 is 6.03 Å². The van der Waals surface area contributed by atoms with Crippen molar-refractivity contribution in [1.82, 2.24) is 10.2 Å². The number of carbonyl (C=O) groups is 2. The summed E-state index contributed by atoms with van der Waals surface area (Å²) in [6.07, 6.45) is 1.94. The molecule has 1 heterocycles. The Balaban J connectivity index is 0.00000364. The second-order valence-electron chi connectivity index (χ2n) is 8.34. The maximum atomic E-state index is 12.6. The summed E-state index contributed by atoms with van der Waals surface area (Å²) in [6, 6.07) is 6.95. The molecule has 6 nitrogen and oxygen atoms in total. The van der Waals surface area contributed by atoms with Gasteiger partial charge in [0.05, 0.1) is 6.04 Å². The van der Waals surface area contributed by atoms with E-state index >= 15 is 0 Å². The van der Waals surface area contributed by atoms with E-state index in [2.05, 4.69) is 10.6 Å². The molecule has 1 aliphatic rings. The van der Waals surface area contributed by atoms with Gasteiger partial charge in [0, 0.05) is 25.3 Å². The van der Waals surface area contributed by atoms with Crippen LogP contribution in [-0.2, 0) is 4.79 Å². The molecule has 3 amide bonds. The molecule has 1 fully saturated rings. The van der Waals surface area contributed by atoms with E-state index in [9.17, 15) is 9.59 Å². The molecule has 2 atom stereocenters. The number of aryl methyl sites for hydroxylation is 1. The fraction of sp³-hybridized carbons (Fsp3) is 0.600. The maximum Gasteiger partial charge on any atom is 0.319 e. The van der Waals surface area contributed by atoms with Crippen LogP contribution in [0.3, 0.4) is 0 Å². The molecule has 0 radical (unpaired) electrons. The number of hydrogen-bond acceptors (Lipinski definition) is 3. The Hall–Kier alpha value is -1.79. The van der Waals surface area contributed by atoms with Gasteiger partial charge in [-0.3, -0.25) is 4.79 Å². The lowest BCUT2D eigenvalue weighted by Gasteiger charge is -2.37. The van der Waals surface area contributed by atoms with E-state index < -0.39 is 6.04 Å². The molecule has 27 heavy (non-hydrogen) atoms. The first kappa shape index (κ1) is 23.2. The Morgan fingerprint density at radius 3 is 2.48 bits per heavy atom. The molecule has 0 aliphatic carbocycles. The Kier molecular flexibility index (Phi) is 8.57. The summed E-state index contributed by atoms with van der Waals surface area (Å²) in [7, 11) is 0. The highest BCUT2D eigenvalue weighted by molar-refractivity contribution is 5.89. The number of piperidine rings is 1. The second kappa shape index (κ2) is 9.95. The molecule has 152 valence electrons. The highest BCUT2D eigenvalue weighted by Gasteiger charge is 2.33. The average molecular weight is 397 g/mol. The standard InChI is InChI=1S/C20H32N4O2.ClH/c1-14-7-9-16(10-8-14)23-19(26)22-12-15-6-5-11-24(13-15)18(25)17(21)20(2,3)4;/h7-10,15,17H,5-6,11-13,21H2,1-4H3,(H2,22,23,26);1H/t15?,17-;/m1./s1. The topological polar surface area (TPSA) is 87.5 Å². The molecule has 0 saturated carbocycles. The third kappa shape index (κ3) is 7.03. The minimum Gasteiger partial charge on any atom is -0.341 e. The molecule has 0 spiro atoms. The fourth-order valence-corrected chi connectivity index (χ4v) is 3.05. The van der Waals surface area contributed by atoms with E-state index in [0.29, 0.717) is 13.1 Å². The normalized spacial score (nSPS) is 18.3. The fourth-order valence-electron chi connectivity index (χ4n) is 3.05. The van der Waals surface area contributed by atoms with Crippen molar-refractivity contribution in [1.29, 1.82) is 0 Å². The molecule has 1 aliphatic heterocycles. The van der Waals surface area contributed by atoms with E-state index in [1.54, 1.807) is 0 Å². The highest BCUT2D eigenvalue weighted by Crippen LogP contribution is 2.22. The SMILES string of the molecule is Cc1ccc(NC(=O)NCC2CCCN(C(=O)[C@@H](N)C(C)(C)C)C2)cc1.Cl. The number of hydrogen-bond donors (Lipinski definition) is 3. The van der Waals surface area contributed by atoms with Gasteiger partial charge in [0.25, 0.3) is 0 Å². The van der Waals surface area contributed by atoms with Crippen molar-refractivity contribution in [2.75, 3.05) is 25.0 Å². The van der Waals surface area contributed by atoms with Crippen LogP contribution >= 0.6 is 12.4 Å². The molecule has 1 aromatic rings. The Morgan fingerprint density at radius 2 is 1.89 bits per heavy atom. The highest BCUT2D eigenvalue weighted by atomic mass is 35.5. The Bertz CT molecular complexity index is 628. The Morgan fingerprint density at radius 1 is 1.26 bits per heavy atom. The first-order valence-electron chi connectivity index (χ1n) is 9.32. The molecule has 4 N–H and O–H groups in total. The van der Waals surface area contributed by atoms with Crippen LogP contribution in [0.1, 0.15) is 39.2 Å². The van der Waals surface area contributed by atoms with Crippen molar-refractivity contribution < 1.29 is 9.59 Å². The number of halogens is 1. The number of benzene rings is 1. The maximum absolute atomic E-state index is 12.6. The zero-order valence-electron chi connectivity index (χ0n) is 16.7. The van der Waals surface area contributed by atoms with E-state index in [1.807, 2.05) is 56.9 Å². The van der Waals surface area contributed by atoms with Crippen molar-refractivity contribution >= 4 is 30.0 Å².